The van der Waals surface area contributed by atoms with E-state index in [1.165, 1.54) is 12.4 Å². The van der Waals surface area contributed by atoms with E-state index in [2.05, 4.69) is 10.3 Å². The van der Waals surface area contributed by atoms with Crippen LogP contribution in [0, 0.1) is 5.82 Å². The van der Waals surface area contributed by atoms with Crippen LogP contribution in [-0.4, -0.2) is 30.3 Å². The Morgan fingerprint density at radius 2 is 2.43 bits per heavy atom. The van der Waals surface area contributed by atoms with Crippen LogP contribution in [0.25, 0.3) is 0 Å². The summed E-state index contributed by atoms with van der Waals surface area (Å²) in [6.07, 6.45) is 2.70. The van der Waals surface area contributed by atoms with Gasteiger partial charge in [0.1, 0.15) is 0 Å². The predicted molar refractivity (Wildman–Crippen MR) is 50.4 cm³/mol. The van der Waals surface area contributed by atoms with Crippen molar-refractivity contribution in [1.82, 2.24) is 4.98 Å². The van der Waals surface area contributed by atoms with Crippen LogP contribution < -0.4 is 11.1 Å². The van der Waals surface area contributed by atoms with Crippen molar-refractivity contribution >= 4 is 5.69 Å². The third-order valence-corrected chi connectivity index (χ3v) is 2.24. The summed E-state index contributed by atoms with van der Waals surface area (Å²) >= 11 is 0. The maximum Gasteiger partial charge on any atom is 0.164 e. The van der Waals surface area contributed by atoms with Gasteiger partial charge in [-0.05, 0) is 6.07 Å². The smallest absolute Gasteiger partial charge is 0.164 e. The first kappa shape index (κ1) is 9.36. The predicted octanol–water partition coefficient (Wildman–Crippen LogP) is 0.359. The molecule has 1 fully saturated rings. The highest BCUT2D eigenvalue weighted by Crippen LogP contribution is 2.15. The van der Waals surface area contributed by atoms with Crippen LogP contribution in [0.15, 0.2) is 18.5 Å². The summed E-state index contributed by atoms with van der Waals surface area (Å²) in [5.74, 6) is -0.369. The van der Waals surface area contributed by atoms with Gasteiger partial charge >= 0.3 is 0 Å². The molecule has 0 radical (unpaired) electrons. The topological polar surface area (TPSA) is 60.2 Å². The van der Waals surface area contributed by atoms with Crippen molar-refractivity contribution in [2.24, 2.45) is 5.73 Å². The first-order valence-electron chi connectivity index (χ1n) is 4.47. The highest BCUT2D eigenvalue weighted by atomic mass is 19.1. The summed E-state index contributed by atoms with van der Waals surface area (Å²) in [5, 5.41) is 2.99. The lowest BCUT2D eigenvalue weighted by molar-refractivity contribution is 0.192. The highest BCUT2D eigenvalue weighted by molar-refractivity contribution is 5.44. The Kier molecular flexibility index (Phi) is 2.60. The molecule has 0 aromatic carbocycles. The van der Waals surface area contributed by atoms with E-state index in [-0.39, 0.29) is 17.9 Å². The fourth-order valence-corrected chi connectivity index (χ4v) is 1.41. The maximum atomic E-state index is 13.2. The molecule has 0 amide bonds. The molecule has 2 unspecified atom stereocenters. The number of pyridine rings is 1. The lowest BCUT2D eigenvalue weighted by atomic mass is 10.2. The minimum Gasteiger partial charge on any atom is -0.378 e. The molecule has 14 heavy (non-hydrogen) atoms. The van der Waals surface area contributed by atoms with Crippen molar-refractivity contribution in [3.63, 3.8) is 0 Å². The zero-order valence-corrected chi connectivity index (χ0v) is 7.61. The van der Waals surface area contributed by atoms with E-state index in [0.29, 0.717) is 18.9 Å². The molecule has 2 atom stereocenters. The van der Waals surface area contributed by atoms with Crippen LogP contribution in [-0.2, 0) is 4.74 Å². The minimum absolute atomic E-state index is 0.0214. The van der Waals surface area contributed by atoms with Gasteiger partial charge < -0.3 is 15.8 Å². The first-order chi connectivity index (χ1) is 6.77. The molecule has 1 aromatic heterocycles. The second-order valence-electron chi connectivity index (χ2n) is 3.31. The second-order valence-corrected chi connectivity index (χ2v) is 3.31. The Morgan fingerprint density at radius 3 is 3.07 bits per heavy atom. The average molecular weight is 197 g/mol. The zero-order chi connectivity index (χ0) is 9.97. The van der Waals surface area contributed by atoms with Crippen molar-refractivity contribution in [2.45, 2.75) is 12.1 Å². The standard InChI is InChI=1S/C9H12FN3O/c10-6-3-12-2-1-8(6)13-9-5-14-4-7(9)11/h1-3,7,9H,4-5,11H2,(H,12,13). The van der Waals surface area contributed by atoms with E-state index in [4.69, 9.17) is 10.5 Å². The molecule has 76 valence electrons. The van der Waals surface area contributed by atoms with Crippen molar-refractivity contribution in [3.8, 4) is 0 Å². The number of rotatable bonds is 2. The van der Waals surface area contributed by atoms with Crippen molar-refractivity contribution in [3.05, 3.63) is 24.3 Å². The van der Waals surface area contributed by atoms with Gasteiger partial charge in [0, 0.05) is 6.20 Å². The molecule has 1 aromatic rings. The third kappa shape index (κ3) is 1.83. The first-order valence-corrected chi connectivity index (χ1v) is 4.47. The monoisotopic (exact) mass is 197 g/mol. The van der Waals surface area contributed by atoms with Crippen molar-refractivity contribution in [2.75, 3.05) is 18.5 Å². The van der Waals surface area contributed by atoms with Gasteiger partial charge in [0.15, 0.2) is 5.82 Å². The molecule has 2 heterocycles. The van der Waals surface area contributed by atoms with E-state index in [1.807, 2.05) is 0 Å². The average Bonchev–Trinajstić information content (AvgIpc) is 2.56. The lowest BCUT2D eigenvalue weighted by Gasteiger charge is -2.16. The van der Waals surface area contributed by atoms with Crippen LogP contribution in [0.5, 0.6) is 0 Å². The van der Waals surface area contributed by atoms with Crippen LogP contribution in [0.4, 0.5) is 10.1 Å². The van der Waals surface area contributed by atoms with Gasteiger partial charge in [-0.2, -0.15) is 0 Å². The van der Waals surface area contributed by atoms with Gasteiger partial charge in [0.05, 0.1) is 37.2 Å². The molecule has 0 saturated carbocycles. The Balaban J connectivity index is 2.07. The van der Waals surface area contributed by atoms with Gasteiger partial charge in [0.25, 0.3) is 0 Å². The van der Waals surface area contributed by atoms with Crippen molar-refractivity contribution in [1.29, 1.82) is 0 Å². The molecule has 2 rings (SSSR count). The van der Waals surface area contributed by atoms with Crippen molar-refractivity contribution < 1.29 is 9.13 Å². The molecule has 3 N–H and O–H groups in total. The van der Waals surface area contributed by atoms with Gasteiger partial charge in [0.2, 0.25) is 0 Å². The summed E-state index contributed by atoms with van der Waals surface area (Å²) in [7, 11) is 0. The number of hydrogen-bond acceptors (Lipinski definition) is 4. The van der Waals surface area contributed by atoms with Crippen LogP contribution >= 0.6 is 0 Å². The quantitative estimate of drug-likeness (QED) is 0.718. The normalized spacial score (nSPS) is 26.4. The summed E-state index contributed by atoms with van der Waals surface area (Å²) in [6.45, 7) is 1.04. The van der Waals surface area contributed by atoms with E-state index in [1.54, 1.807) is 6.07 Å². The Labute approximate surface area is 81.3 Å². The summed E-state index contributed by atoms with van der Waals surface area (Å²) < 4.78 is 18.3. The number of ether oxygens (including phenoxy) is 1. The molecular formula is C9H12FN3O. The highest BCUT2D eigenvalue weighted by Gasteiger charge is 2.25. The van der Waals surface area contributed by atoms with E-state index >= 15 is 0 Å². The third-order valence-electron chi connectivity index (χ3n) is 2.24. The fourth-order valence-electron chi connectivity index (χ4n) is 1.41. The number of hydrogen-bond donors (Lipinski definition) is 2. The van der Waals surface area contributed by atoms with E-state index in [0.717, 1.165) is 0 Å². The summed E-state index contributed by atoms with van der Waals surface area (Å²) in [5.41, 5.74) is 6.17. The van der Waals surface area contributed by atoms with Crippen LogP contribution in [0.2, 0.25) is 0 Å². The van der Waals surface area contributed by atoms with Gasteiger partial charge in [-0.25, -0.2) is 4.39 Å². The second kappa shape index (κ2) is 3.89. The van der Waals surface area contributed by atoms with E-state index in [9.17, 15) is 4.39 Å². The Hall–Kier alpha value is -1.20. The molecule has 0 spiro atoms. The minimum atomic E-state index is -0.369. The van der Waals surface area contributed by atoms with Crippen LogP contribution in [0.3, 0.4) is 0 Å². The maximum absolute atomic E-state index is 13.2. The molecule has 0 bridgehead atoms. The Morgan fingerprint density at radius 1 is 1.57 bits per heavy atom. The lowest BCUT2D eigenvalue weighted by Crippen LogP contribution is -2.38. The van der Waals surface area contributed by atoms with Gasteiger partial charge in [-0.1, -0.05) is 0 Å². The largest absolute Gasteiger partial charge is 0.378 e. The SMILES string of the molecule is NC1COCC1Nc1ccncc1F. The zero-order valence-electron chi connectivity index (χ0n) is 7.61. The summed E-state index contributed by atoms with van der Waals surface area (Å²) in [4.78, 5) is 3.66. The molecule has 5 heteroatoms. The molecule has 1 aliphatic rings. The summed E-state index contributed by atoms with van der Waals surface area (Å²) in [6, 6.07) is 1.48. The number of nitrogens with two attached hydrogens (primary N) is 1. The van der Waals surface area contributed by atoms with Crippen LogP contribution in [0.1, 0.15) is 0 Å². The number of nitrogens with zero attached hydrogens (tertiary/aromatic N) is 1. The molecule has 1 saturated heterocycles. The van der Waals surface area contributed by atoms with Gasteiger partial charge in [-0.15, -0.1) is 0 Å². The molecule has 1 aliphatic heterocycles. The molecule has 0 aliphatic carbocycles. The number of halogens is 1. The molecular weight excluding hydrogens is 185 g/mol. The van der Waals surface area contributed by atoms with E-state index < -0.39 is 0 Å². The number of anilines is 1. The Bertz CT molecular complexity index is 321. The fraction of sp³-hybridized carbons (Fsp3) is 0.444. The number of aromatic nitrogens is 1. The van der Waals surface area contributed by atoms with Gasteiger partial charge in [-0.3, -0.25) is 4.98 Å². The molecule has 4 nitrogen and oxygen atoms in total. The number of nitrogens with one attached hydrogen (secondary N) is 1.